The number of benzene rings is 8. The van der Waals surface area contributed by atoms with E-state index in [1.54, 1.807) is 0 Å². The number of fused-ring (bicyclic) bond motifs is 3. The molecule has 49 heavy (non-hydrogen) atoms. The molecule has 0 aliphatic carbocycles. The zero-order valence-corrected chi connectivity index (χ0v) is 27.3. The Kier molecular flexibility index (Phi) is 7.13. The Morgan fingerprint density at radius 3 is 1.63 bits per heavy atom. The maximum absolute atomic E-state index is 4.94. The second kappa shape index (κ2) is 12.1. The van der Waals surface area contributed by atoms with Crippen LogP contribution in [-0.4, -0.2) is 9.55 Å². The molecule has 0 fully saturated rings. The molecule has 8 aromatic carbocycles. The van der Waals surface area contributed by atoms with Crippen LogP contribution in [0.15, 0.2) is 176 Å². The Morgan fingerprint density at radius 1 is 0.408 bits per heavy atom. The molecular formula is C47H34N2. The highest BCUT2D eigenvalue weighted by molar-refractivity contribution is 6.22. The van der Waals surface area contributed by atoms with Gasteiger partial charge in [-0.25, -0.2) is 4.98 Å². The van der Waals surface area contributed by atoms with Crippen LogP contribution < -0.4 is 0 Å². The van der Waals surface area contributed by atoms with Gasteiger partial charge in [0.1, 0.15) is 5.82 Å². The standard InChI is InChI=1S/C47H34N2/c1-2-45-48-43-22-11-12-23-44(43)49(45)38-27-24-34(25-28-38)46-39-20-9-10-21-40(39)47(37-19-13-18-35(30-37)32-14-5-3-6-15-32)41-29-26-36(31-42(41)46)33-16-7-4-8-17-33/h3-31H,2H2,1H3. The smallest absolute Gasteiger partial charge is 0.114 e. The predicted octanol–water partition coefficient (Wildman–Crippen LogP) is 12.6. The molecule has 1 heterocycles. The molecular weight excluding hydrogens is 593 g/mol. The van der Waals surface area contributed by atoms with Crippen LogP contribution in [0.1, 0.15) is 12.7 Å². The second-order valence-electron chi connectivity index (χ2n) is 12.6. The lowest BCUT2D eigenvalue weighted by Gasteiger charge is -2.19. The van der Waals surface area contributed by atoms with Gasteiger partial charge >= 0.3 is 0 Å². The third-order valence-corrected chi connectivity index (χ3v) is 9.75. The first-order chi connectivity index (χ1) is 24.3. The first kappa shape index (κ1) is 28.9. The van der Waals surface area contributed by atoms with Gasteiger partial charge in [-0.2, -0.15) is 0 Å². The van der Waals surface area contributed by atoms with E-state index in [0.717, 1.165) is 29.0 Å². The summed E-state index contributed by atoms with van der Waals surface area (Å²) in [4.78, 5) is 4.94. The minimum Gasteiger partial charge on any atom is -0.296 e. The number of aromatic nitrogens is 2. The van der Waals surface area contributed by atoms with Gasteiger partial charge in [0.15, 0.2) is 0 Å². The van der Waals surface area contributed by atoms with Crippen molar-refractivity contribution in [2.45, 2.75) is 13.3 Å². The Morgan fingerprint density at radius 2 is 0.939 bits per heavy atom. The van der Waals surface area contributed by atoms with Crippen LogP contribution in [-0.2, 0) is 6.42 Å². The molecule has 0 saturated carbocycles. The Hall–Kier alpha value is -6.25. The highest BCUT2D eigenvalue weighted by Gasteiger charge is 2.19. The molecule has 0 unspecified atom stereocenters. The SMILES string of the molecule is CCc1nc2ccccc2n1-c1ccc(-c2c3ccccc3c(-c3cccc(-c4ccccc4)c3)c3ccc(-c4ccccc4)cc23)cc1. The van der Waals surface area contributed by atoms with Crippen molar-refractivity contribution < 1.29 is 0 Å². The topological polar surface area (TPSA) is 17.8 Å². The van der Waals surface area contributed by atoms with Crippen molar-refractivity contribution in [2.24, 2.45) is 0 Å². The van der Waals surface area contributed by atoms with E-state index in [0.29, 0.717) is 0 Å². The van der Waals surface area contributed by atoms with E-state index in [9.17, 15) is 0 Å². The molecule has 0 saturated heterocycles. The number of nitrogens with zero attached hydrogens (tertiary/aromatic N) is 2. The summed E-state index contributed by atoms with van der Waals surface area (Å²) in [5.41, 5.74) is 13.1. The zero-order chi connectivity index (χ0) is 32.7. The fourth-order valence-corrected chi connectivity index (χ4v) is 7.47. The third kappa shape index (κ3) is 5.01. The average molecular weight is 627 g/mol. The van der Waals surface area contributed by atoms with E-state index in [1.165, 1.54) is 66.1 Å². The molecule has 0 aliphatic rings. The van der Waals surface area contributed by atoms with Crippen molar-refractivity contribution in [1.82, 2.24) is 9.55 Å². The van der Waals surface area contributed by atoms with Gasteiger partial charge in [0.05, 0.1) is 11.0 Å². The van der Waals surface area contributed by atoms with Crippen LogP contribution in [0.5, 0.6) is 0 Å². The minimum absolute atomic E-state index is 0.862. The summed E-state index contributed by atoms with van der Waals surface area (Å²) in [6.45, 7) is 2.17. The van der Waals surface area contributed by atoms with Crippen LogP contribution in [0.4, 0.5) is 0 Å². The summed E-state index contributed by atoms with van der Waals surface area (Å²) in [7, 11) is 0. The zero-order valence-electron chi connectivity index (χ0n) is 27.3. The molecule has 0 atom stereocenters. The summed E-state index contributed by atoms with van der Waals surface area (Å²) in [6.07, 6.45) is 0.862. The Balaban J connectivity index is 1.30. The van der Waals surface area contributed by atoms with Gasteiger partial charge in [-0.05, 0) is 102 Å². The number of hydrogen-bond donors (Lipinski definition) is 0. The van der Waals surface area contributed by atoms with Crippen molar-refractivity contribution in [3.63, 3.8) is 0 Å². The highest BCUT2D eigenvalue weighted by atomic mass is 15.1. The lowest BCUT2D eigenvalue weighted by Crippen LogP contribution is -2.00. The van der Waals surface area contributed by atoms with Crippen molar-refractivity contribution in [1.29, 1.82) is 0 Å². The van der Waals surface area contributed by atoms with Crippen molar-refractivity contribution in [2.75, 3.05) is 0 Å². The predicted molar refractivity (Wildman–Crippen MR) is 207 cm³/mol. The third-order valence-electron chi connectivity index (χ3n) is 9.75. The largest absolute Gasteiger partial charge is 0.296 e. The first-order valence-electron chi connectivity index (χ1n) is 17.0. The van der Waals surface area contributed by atoms with E-state index >= 15 is 0 Å². The monoisotopic (exact) mass is 626 g/mol. The van der Waals surface area contributed by atoms with Crippen molar-refractivity contribution in [3.05, 3.63) is 182 Å². The number of hydrogen-bond acceptors (Lipinski definition) is 1. The molecule has 0 amide bonds. The average Bonchev–Trinajstić information content (AvgIpc) is 3.56. The van der Waals surface area contributed by atoms with E-state index in [-0.39, 0.29) is 0 Å². The number of aryl methyl sites for hydroxylation is 1. The molecule has 232 valence electrons. The molecule has 1 aromatic heterocycles. The van der Waals surface area contributed by atoms with E-state index in [4.69, 9.17) is 4.98 Å². The van der Waals surface area contributed by atoms with Crippen LogP contribution in [0.2, 0.25) is 0 Å². The molecule has 2 nitrogen and oxygen atoms in total. The summed E-state index contributed by atoms with van der Waals surface area (Å²) >= 11 is 0. The Labute approximate surface area is 286 Å². The first-order valence-corrected chi connectivity index (χ1v) is 17.0. The molecule has 9 aromatic rings. The van der Waals surface area contributed by atoms with Crippen LogP contribution in [0.25, 0.3) is 82.8 Å². The number of rotatable bonds is 6. The quantitative estimate of drug-likeness (QED) is 0.168. The summed E-state index contributed by atoms with van der Waals surface area (Å²) in [5.74, 6) is 1.07. The van der Waals surface area contributed by atoms with Gasteiger partial charge in [0, 0.05) is 12.1 Å². The Bertz CT molecular complexity index is 2610. The number of para-hydroxylation sites is 2. The van der Waals surface area contributed by atoms with Gasteiger partial charge in [-0.1, -0.05) is 146 Å². The molecule has 0 spiro atoms. The maximum atomic E-state index is 4.94. The van der Waals surface area contributed by atoms with Crippen LogP contribution in [0.3, 0.4) is 0 Å². The second-order valence-corrected chi connectivity index (χ2v) is 12.6. The van der Waals surface area contributed by atoms with E-state index in [1.807, 2.05) is 0 Å². The van der Waals surface area contributed by atoms with E-state index < -0.39 is 0 Å². The molecule has 0 bridgehead atoms. The van der Waals surface area contributed by atoms with Gasteiger partial charge in [0.2, 0.25) is 0 Å². The van der Waals surface area contributed by atoms with E-state index in [2.05, 4.69) is 187 Å². The summed E-state index contributed by atoms with van der Waals surface area (Å²) < 4.78 is 2.30. The van der Waals surface area contributed by atoms with Gasteiger partial charge in [-0.3, -0.25) is 4.57 Å². The summed E-state index contributed by atoms with van der Waals surface area (Å²) in [5, 5.41) is 4.99. The van der Waals surface area contributed by atoms with Gasteiger partial charge < -0.3 is 0 Å². The van der Waals surface area contributed by atoms with Crippen molar-refractivity contribution in [3.8, 4) is 50.2 Å². The highest BCUT2D eigenvalue weighted by Crippen LogP contribution is 2.45. The summed E-state index contributed by atoms with van der Waals surface area (Å²) in [6, 6.07) is 63.8. The fraction of sp³-hybridized carbons (Fsp3) is 0.0426. The molecule has 0 aliphatic heterocycles. The normalized spacial score (nSPS) is 11.4. The van der Waals surface area contributed by atoms with Gasteiger partial charge in [0.25, 0.3) is 0 Å². The molecule has 2 heteroatoms. The lowest BCUT2D eigenvalue weighted by atomic mass is 9.84. The lowest BCUT2D eigenvalue weighted by molar-refractivity contribution is 0.908. The number of imidazole rings is 1. The molecule has 0 radical (unpaired) electrons. The minimum atomic E-state index is 0.862. The molecule has 9 rings (SSSR count). The van der Waals surface area contributed by atoms with Crippen LogP contribution in [0, 0.1) is 0 Å². The molecule has 0 N–H and O–H groups in total. The van der Waals surface area contributed by atoms with Crippen LogP contribution >= 0.6 is 0 Å². The van der Waals surface area contributed by atoms with Crippen molar-refractivity contribution >= 4 is 32.6 Å². The maximum Gasteiger partial charge on any atom is 0.114 e. The van der Waals surface area contributed by atoms with Gasteiger partial charge in [-0.15, -0.1) is 0 Å². The fourth-order valence-electron chi connectivity index (χ4n) is 7.47.